The molecule has 0 aromatic carbocycles. The molecule has 1 heterocycles. The zero-order chi connectivity index (χ0) is 14.0. The molecule has 102 valence electrons. The minimum Gasteiger partial charge on any atom is -0.344 e. The van der Waals surface area contributed by atoms with Gasteiger partial charge in [-0.3, -0.25) is 9.78 Å². The lowest BCUT2D eigenvalue weighted by Gasteiger charge is -2.25. The highest BCUT2D eigenvalue weighted by atomic mass is 32.3. The summed E-state index contributed by atoms with van der Waals surface area (Å²) in [6, 6.07) is 0.804. The SMILES string of the molecule is CS(C)(C)CNC(=O)c1cnccc1C(F)(F)F. The fourth-order valence-corrected chi connectivity index (χ4v) is 1.76. The van der Waals surface area contributed by atoms with Crippen molar-refractivity contribution in [3.8, 4) is 0 Å². The molecule has 0 bridgehead atoms. The summed E-state index contributed by atoms with van der Waals surface area (Å²) in [6.07, 6.45) is 3.29. The van der Waals surface area contributed by atoms with Gasteiger partial charge in [-0.2, -0.15) is 13.2 Å². The predicted molar refractivity (Wildman–Crippen MR) is 66.9 cm³/mol. The van der Waals surface area contributed by atoms with Gasteiger partial charge in [0.25, 0.3) is 5.91 Å². The molecule has 0 radical (unpaired) electrons. The first-order chi connectivity index (χ1) is 8.11. The van der Waals surface area contributed by atoms with E-state index in [1.807, 2.05) is 18.8 Å². The van der Waals surface area contributed by atoms with Gasteiger partial charge in [-0.25, -0.2) is 10.0 Å². The molecule has 0 aliphatic heterocycles. The maximum Gasteiger partial charge on any atom is 0.417 e. The summed E-state index contributed by atoms with van der Waals surface area (Å²) in [5.41, 5.74) is -1.40. The number of amides is 1. The zero-order valence-corrected chi connectivity index (χ0v) is 11.2. The molecule has 0 atom stereocenters. The number of alkyl halides is 3. The van der Waals surface area contributed by atoms with Gasteiger partial charge in [0.2, 0.25) is 0 Å². The molecule has 0 fully saturated rings. The number of pyridine rings is 1. The molecule has 1 aromatic heterocycles. The highest BCUT2D eigenvalue weighted by molar-refractivity contribution is 8.32. The van der Waals surface area contributed by atoms with Crippen LogP contribution in [0.25, 0.3) is 0 Å². The topological polar surface area (TPSA) is 42.0 Å². The highest BCUT2D eigenvalue weighted by Gasteiger charge is 2.35. The third-order valence-corrected chi connectivity index (χ3v) is 3.05. The van der Waals surface area contributed by atoms with E-state index in [4.69, 9.17) is 0 Å². The van der Waals surface area contributed by atoms with Crippen LogP contribution >= 0.6 is 10.0 Å². The Kier molecular flexibility index (Phi) is 4.26. The van der Waals surface area contributed by atoms with Crippen molar-refractivity contribution in [2.75, 3.05) is 24.6 Å². The van der Waals surface area contributed by atoms with E-state index < -0.39 is 33.2 Å². The molecule has 1 N–H and O–H groups in total. The summed E-state index contributed by atoms with van der Waals surface area (Å²) in [5.74, 6) is -0.365. The first-order valence-electron chi connectivity index (χ1n) is 5.07. The lowest BCUT2D eigenvalue weighted by molar-refractivity contribution is -0.138. The van der Waals surface area contributed by atoms with Gasteiger partial charge in [0.1, 0.15) is 0 Å². The molecule has 18 heavy (non-hydrogen) atoms. The van der Waals surface area contributed by atoms with Crippen LogP contribution < -0.4 is 5.32 Å². The van der Waals surface area contributed by atoms with Crippen LogP contribution in [-0.2, 0) is 6.18 Å². The number of carbonyl (C=O) groups excluding carboxylic acids is 1. The summed E-state index contributed by atoms with van der Waals surface area (Å²) >= 11 is 0. The highest BCUT2D eigenvalue weighted by Crippen LogP contribution is 2.33. The molecule has 7 heteroatoms. The Morgan fingerprint density at radius 1 is 1.39 bits per heavy atom. The Bertz CT molecular complexity index is 441. The van der Waals surface area contributed by atoms with Crippen LogP contribution in [0.4, 0.5) is 13.2 Å². The van der Waals surface area contributed by atoms with E-state index in [2.05, 4.69) is 10.3 Å². The summed E-state index contributed by atoms with van der Waals surface area (Å²) in [5, 5.41) is 2.51. The van der Waals surface area contributed by atoms with Crippen LogP contribution in [0, 0.1) is 0 Å². The van der Waals surface area contributed by atoms with Crippen LogP contribution in [0.2, 0.25) is 0 Å². The van der Waals surface area contributed by atoms with Crippen molar-refractivity contribution in [3.63, 3.8) is 0 Å². The van der Waals surface area contributed by atoms with E-state index in [0.717, 1.165) is 18.5 Å². The smallest absolute Gasteiger partial charge is 0.344 e. The molecule has 3 nitrogen and oxygen atoms in total. The van der Waals surface area contributed by atoms with Crippen LogP contribution in [0.5, 0.6) is 0 Å². The molecular weight excluding hydrogens is 265 g/mol. The third-order valence-electron chi connectivity index (χ3n) is 2.04. The number of nitrogens with zero attached hydrogens (tertiary/aromatic N) is 1. The van der Waals surface area contributed by atoms with Crippen LogP contribution in [-0.4, -0.2) is 35.5 Å². The normalized spacial score (nSPS) is 13.2. The number of hydrogen-bond acceptors (Lipinski definition) is 2. The van der Waals surface area contributed by atoms with Crippen LogP contribution in [0.15, 0.2) is 18.5 Å². The third kappa shape index (κ3) is 4.21. The second kappa shape index (κ2) is 5.17. The van der Waals surface area contributed by atoms with E-state index in [-0.39, 0.29) is 0 Å². The van der Waals surface area contributed by atoms with Crippen LogP contribution in [0.3, 0.4) is 0 Å². The zero-order valence-electron chi connectivity index (χ0n) is 10.3. The Morgan fingerprint density at radius 3 is 2.50 bits per heavy atom. The van der Waals surface area contributed by atoms with E-state index in [9.17, 15) is 18.0 Å². The summed E-state index contributed by atoms with van der Waals surface area (Å²) < 4.78 is 38.0. The molecule has 0 saturated carbocycles. The molecule has 0 aliphatic carbocycles. The first-order valence-corrected chi connectivity index (χ1v) is 8.09. The Balaban J connectivity index is 2.93. The summed E-state index contributed by atoms with van der Waals surface area (Å²) in [6.45, 7) is 0. The van der Waals surface area contributed by atoms with E-state index >= 15 is 0 Å². The average Bonchev–Trinajstić information content (AvgIpc) is 2.24. The summed E-state index contributed by atoms with van der Waals surface area (Å²) in [7, 11) is -1.01. The number of carbonyl (C=O) groups is 1. The van der Waals surface area contributed by atoms with Gasteiger partial charge < -0.3 is 5.32 Å². The summed E-state index contributed by atoms with van der Waals surface area (Å²) in [4.78, 5) is 15.3. The van der Waals surface area contributed by atoms with E-state index in [1.165, 1.54) is 0 Å². The standard InChI is InChI=1S/C11H15F3N2OS/c1-18(2,3)7-16-10(17)8-6-15-5-4-9(8)11(12,13)14/h4-6H,7H2,1-3H3,(H,16,17). The van der Waals surface area contributed by atoms with Crippen molar-refractivity contribution in [2.45, 2.75) is 6.18 Å². The molecular formula is C11H15F3N2OS. The average molecular weight is 280 g/mol. The molecule has 0 spiro atoms. The van der Waals surface area contributed by atoms with Crippen molar-refractivity contribution in [2.24, 2.45) is 0 Å². The Morgan fingerprint density at radius 2 is 2.00 bits per heavy atom. The van der Waals surface area contributed by atoms with Crippen molar-refractivity contribution < 1.29 is 18.0 Å². The maximum atomic E-state index is 12.7. The Hall–Kier alpha value is -1.24. The van der Waals surface area contributed by atoms with Gasteiger partial charge >= 0.3 is 6.18 Å². The molecule has 0 saturated heterocycles. The second-order valence-electron chi connectivity index (χ2n) is 4.66. The molecule has 1 rings (SSSR count). The first kappa shape index (κ1) is 14.8. The van der Waals surface area contributed by atoms with Crippen molar-refractivity contribution >= 4 is 15.9 Å². The van der Waals surface area contributed by atoms with Crippen molar-refractivity contribution in [1.82, 2.24) is 10.3 Å². The Labute approximate surface area is 105 Å². The number of nitrogens with one attached hydrogen (secondary N) is 1. The fraction of sp³-hybridized carbons (Fsp3) is 0.455. The van der Waals surface area contributed by atoms with Crippen LogP contribution in [0.1, 0.15) is 15.9 Å². The number of aromatic nitrogens is 1. The van der Waals surface area contributed by atoms with Gasteiger partial charge in [0.05, 0.1) is 11.1 Å². The predicted octanol–water partition coefficient (Wildman–Crippen LogP) is 2.48. The molecule has 1 amide bonds. The minimum atomic E-state index is -4.55. The van der Waals surface area contributed by atoms with E-state index in [0.29, 0.717) is 5.88 Å². The quantitative estimate of drug-likeness (QED) is 0.924. The molecule has 0 unspecified atom stereocenters. The minimum absolute atomic E-state index is 0.373. The monoisotopic (exact) mass is 280 g/mol. The largest absolute Gasteiger partial charge is 0.417 e. The second-order valence-corrected chi connectivity index (χ2v) is 9.13. The van der Waals surface area contributed by atoms with Crippen molar-refractivity contribution in [1.29, 1.82) is 0 Å². The molecule has 0 aliphatic rings. The van der Waals surface area contributed by atoms with E-state index in [1.54, 1.807) is 0 Å². The van der Waals surface area contributed by atoms with Gasteiger partial charge in [0, 0.05) is 18.3 Å². The maximum absolute atomic E-state index is 12.7. The number of hydrogen-bond donors (Lipinski definition) is 1. The van der Waals surface area contributed by atoms with Gasteiger partial charge in [-0.15, -0.1) is 0 Å². The number of rotatable bonds is 3. The lowest BCUT2D eigenvalue weighted by atomic mass is 10.1. The fourth-order valence-electron chi connectivity index (χ4n) is 1.20. The number of halogens is 3. The van der Waals surface area contributed by atoms with Crippen molar-refractivity contribution in [3.05, 3.63) is 29.6 Å². The molecule has 1 aromatic rings. The van der Waals surface area contributed by atoms with Gasteiger partial charge in [0.15, 0.2) is 0 Å². The van der Waals surface area contributed by atoms with Gasteiger partial charge in [-0.05, 0) is 24.8 Å². The lowest BCUT2D eigenvalue weighted by Crippen LogP contribution is -2.29. The van der Waals surface area contributed by atoms with Gasteiger partial charge in [-0.1, -0.05) is 0 Å².